The molecule has 0 aliphatic rings. The number of rotatable bonds is 2. The van der Waals surface area contributed by atoms with Gasteiger partial charge in [-0.3, -0.25) is 4.99 Å². The van der Waals surface area contributed by atoms with Gasteiger partial charge in [-0.05, 0) is 23.6 Å². The van der Waals surface area contributed by atoms with Gasteiger partial charge in [0.05, 0.1) is 5.69 Å². The zero-order chi connectivity index (χ0) is 13.1. The smallest absolute Gasteiger partial charge is 0.124 e. The van der Waals surface area contributed by atoms with Gasteiger partial charge in [0.1, 0.15) is 5.75 Å². The summed E-state index contributed by atoms with van der Waals surface area (Å²) in [5.41, 5.74) is 1.62. The molecule has 0 radical (unpaired) electrons. The van der Waals surface area contributed by atoms with E-state index in [4.69, 9.17) is 0 Å². The van der Waals surface area contributed by atoms with Crippen LogP contribution >= 0.6 is 0 Å². The molecule has 0 amide bonds. The van der Waals surface area contributed by atoms with Crippen molar-refractivity contribution in [2.45, 2.75) is 0 Å². The molecule has 19 heavy (non-hydrogen) atoms. The van der Waals surface area contributed by atoms with Crippen LogP contribution in [0.1, 0.15) is 5.56 Å². The van der Waals surface area contributed by atoms with Crippen LogP contribution in [0, 0.1) is 0 Å². The first kappa shape index (κ1) is 11.5. The predicted octanol–water partition coefficient (Wildman–Crippen LogP) is 4.30. The first-order valence-electron chi connectivity index (χ1n) is 6.14. The second-order valence-electron chi connectivity index (χ2n) is 4.32. The van der Waals surface area contributed by atoms with Crippen LogP contribution < -0.4 is 0 Å². The molecule has 0 bridgehead atoms. The SMILES string of the molecule is Oc1ccccc1/C=N/c1cccc2ccccc12. The van der Waals surface area contributed by atoms with Crippen LogP contribution in [0.5, 0.6) is 5.75 Å². The topological polar surface area (TPSA) is 32.6 Å². The Morgan fingerprint density at radius 1 is 0.789 bits per heavy atom. The molecule has 92 valence electrons. The quantitative estimate of drug-likeness (QED) is 0.673. The minimum atomic E-state index is 0.242. The van der Waals surface area contributed by atoms with Crippen molar-refractivity contribution in [2.75, 3.05) is 0 Å². The lowest BCUT2D eigenvalue weighted by atomic mass is 10.1. The van der Waals surface area contributed by atoms with Crippen LogP contribution in [0.15, 0.2) is 71.7 Å². The summed E-state index contributed by atoms with van der Waals surface area (Å²) in [7, 11) is 0. The van der Waals surface area contributed by atoms with Gasteiger partial charge in [-0.2, -0.15) is 0 Å². The summed E-state index contributed by atoms with van der Waals surface area (Å²) >= 11 is 0. The van der Waals surface area contributed by atoms with Gasteiger partial charge in [0.15, 0.2) is 0 Å². The largest absolute Gasteiger partial charge is 0.507 e. The Hall–Kier alpha value is -2.61. The van der Waals surface area contributed by atoms with Crippen molar-refractivity contribution in [3.05, 3.63) is 72.3 Å². The fraction of sp³-hybridized carbons (Fsp3) is 0. The van der Waals surface area contributed by atoms with Crippen LogP contribution in [-0.2, 0) is 0 Å². The van der Waals surface area contributed by atoms with E-state index >= 15 is 0 Å². The molecule has 0 heterocycles. The number of hydrogen-bond donors (Lipinski definition) is 1. The van der Waals surface area contributed by atoms with E-state index in [0.717, 1.165) is 22.0 Å². The molecule has 0 spiro atoms. The highest BCUT2D eigenvalue weighted by molar-refractivity contribution is 5.95. The number of aromatic hydroxyl groups is 1. The molecule has 3 rings (SSSR count). The van der Waals surface area contributed by atoms with E-state index in [2.05, 4.69) is 17.1 Å². The summed E-state index contributed by atoms with van der Waals surface area (Å²) in [6.45, 7) is 0. The summed E-state index contributed by atoms with van der Waals surface area (Å²) in [5.74, 6) is 0.242. The van der Waals surface area contributed by atoms with Gasteiger partial charge in [0, 0.05) is 17.2 Å². The van der Waals surface area contributed by atoms with E-state index in [0.29, 0.717) is 0 Å². The predicted molar refractivity (Wildman–Crippen MR) is 79.3 cm³/mol. The normalized spacial score (nSPS) is 11.2. The maximum Gasteiger partial charge on any atom is 0.124 e. The van der Waals surface area contributed by atoms with Crippen molar-refractivity contribution >= 4 is 22.7 Å². The maximum atomic E-state index is 9.71. The van der Waals surface area contributed by atoms with Gasteiger partial charge in [-0.1, -0.05) is 48.5 Å². The van der Waals surface area contributed by atoms with Crippen LogP contribution in [0.4, 0.5) is 5.69 Å². The molecule has 0 aliphatic heterocycles. The fourth-order valence-electron chi connectivity index (χ4n) is 2.06. The van der Waals surface area contributed by atoms with Gasteiger partial charge < -0.3 is 5.11 Å². The number of phenolic OH excluding ortho intramolecular Hbond substituents is 1. The molecule has 1 N–H and O–H groups in total. The summed E-state index contributed by atoms with van der Waals surface area (Å²) in [5, 5.41) is 12.0. The Balaban J connectivity index is 2.04. The Kier molecular flexibility index (Phi) is 2.99. The van der Waals surface area contributed by atoms with Gasteiger partial charge in [0.25, 0.3) is 0 Å². The third kappa shape index (κ3) is 2.33. The van der Waals surface area contributed by atoms with E-state index in [9.17, 15) is 5.11 Å². The van der Waals surface area contributed by atoms with Gasteiger partial charge in [-0.25, -0.2) is 0 Å². The fourth-order valence-corrected chi connectivity index (χ4v) is 2.06. The van der Waals surface area contributed by atoms with Crippen molar-refractivity contribution in [2.24, 2.45) is 4.99 Å². The molecule has 0 aliphatic carbocycles. The molecule has 0 saturated carbocycles. The molecule has 0 atom stereocenters. The third-order valence-electron chi connectivity index (χ3n) is 3.05. The Bertz CT molecular complexity index is 742. The lowest BCUT2D eigenvalue weighted by Gasteiger charge is -2.01. The van der Waals surface area contributed by atoms with E-state index in [1.807, 2.05) is 42.5 Å². The molecule has 3 aromatic carbocycles. The lowest BCUT2D eigenvalue weighted by molar-refractivity contribution is 0.474. The first-order valence-corrected chi connectivity index (χ1v) is 6.14. The average Bonchev–Trinajstić information content (AvgIpc) is 2.46. The van der Waals surface area contributed by atoms with Gasteiger partial charge >= 0.3 is 0 Å². The monoisotopic (exact) mass is 247 g/mol. The van der Waals surface area contributed by atoms with Gasteiger partial charge in [0.2, 0.25) is 0 Å². The van der Waals surface area contributed by atoms with Crippen LogP contribution in [0.25, 0.3) is 10.8 Å². The number of para-hydroxylation sites is 1. The van der Waals surface area contributed by atoms with E-state index in [-0.39, 0.29) is 5.75 Å². The highest BCUT2D eigenvalue weighted by Gasteiger charge is 1.99. The molecule has 2 nitrogen and oxygen atoms in total. The number of nitrogens with zero attached hydrogens (tertiary/aromatic N) is 1. The summed E-state index contributed by atoms with van der Waals surface area (Å²) < 4.78 is 0. The first-order chi connectivity index (χ1) is 9.34. The maximum absolute atomic E-state index is 9.71. The highest BCUT2D eigenvalue weighted by atomic mass is 16.3. The standard InChI is InChI=1S/C17H13NO/c19-17-11-4-2-7-14(17)12-18-16-10-5-8-13-6-1-3-9-15(13)16/h1-12,19H/b18-12+. The number of fused-ring (bicyclic) bond motifs is 1. The molecule has 0 fully saturated rings. The minimum Gasteiger partial charge on any atom is -0.507 e. The molecule has 0 unspecified atom stereocenters. The van der Waals surface area contributed by atoms with Crippen molar-refractivity contribution in [1.29, 1.82) is 0 Å². The van der Waals surface area contributed by atoms with Crippen LogP contribution in [0.2, 0.25) is 0 Å². The zero-order valence-electron chi connectivity index (χ0n) is 10.3. The molecule has 0 saturated heterocycles. The number of hydrogen-bond acceptors (Lipinski definition) is 2. The van der Waals surface area contributed by atoms with Crippen molar-refractivity contribution in [3.8, 4) is 5.75 Å². The average molecular weight is 247 g/mol. The highest BCUT2D eigenvalue weighted by Crippen LogP contribution is 2.25. The van der Waals surface area contributed by atoms with Crippen LogP contribution in [-0.4, -0.2) is 11.3 Å². The molecular weight excluding hydrogens is 234 g/mol. The molecular formula is C17H13NO. The van der Waals surface area contributed by atoms with E-state index in [1.165, 1.54) is 0 Å². The van der Waals surface area contributed by atoms with Crippen LogP contribution in [0.3, 0.4) is 0 Å². The minimum absolute atomic E-state index is 0.242. The Morgan fingerprint density at radius 3 is 2.42 bits per heavy atom. The van der Waals surface area contributed by atoms with Gasteiger partial charge in [-0.15, -0.1) is 0 Å². The van der Waals surface area contributed by atoms with E-state index in [1.54, 1.807) is 18.3 Å². The molecule has 3 aromatic rings. The second-order valence-corrected chi connectivity index (χ2v) is 4.32. The number of benzene rings is 3. The van der Waals surface area contributed by atoms with Crippen molar-refractivity contribution in [1.82, 2.24) is 0 Å². The van der Waals surface area contributed by atoms with Crippen molar-refractivity contribution in [3.63, 3.8) is 0 Å². The summed E-state index contributed by atoms with van der Waals surface area (Å²) in [6.07, 6.45) is 1.69. The van der Waals surface area contributed by atoms with E-state index < -0.39 is 0 Å². The van der Waals surface area contributed by atoms with Crippen molar-refractivity contribution < 1.29 is 5.11 Å². The Morgan fingerprint density at radius 2 is 1.53 bits per heavy atom. The summed E-state index contributed by atoms with van der Waals surface area (Å²) in [4.78, 5) is 4.48. The number of phenols is 1. The Labute approximate surface area is 111 Å². The lowest BCUT2D eigenvalue weighted by Crippen LogP contribution is -1.81. The number of aliphatic imine (C=N–C) groups is 1. The second kappa shape index (κ2) is 4.94. The third-order valence-corrected chi connectivity index (χ3v) is 3.05. The summed E-state index contributed by atoms with van der Waals surface area (Å²) in [6, 6.07) is 21.3. The molecule has 2 heteroatoms. The zero-order valence-corrected chi connectivity index (χ0v) is 10.3. The molecule has 0 aromatic heterocycles.